The lowest BCUT2D eigenvalue weighted by atomic mass is 10.5. The molecule has 0 bridgehead atoms. The van der Waals surface area contributed by atoms with Gasteiger partial charge in [0.2, 0.25) is 5.95 Å². The van der Waals surface area contributed by atoms with E-state index in [0.29, 0.717) is 6.54 Å². The third kappa shape index (κ3) is 3.03. The number of halogens is 2. The van der Waals surface area contributed by atoms with E-state index in [-0.39, 0.29) is 5.82 Å². The molecule has 0 saturated heterocycles. The summed E-state index contributed by atoms with van der Waals surface area (Å²) in [5, 5.41) is 2.62. The number of nitrogens with one attached hydrogen (secondary N) is 1. The predicted molar refractivity (Wildman–Crippen MR) is 43.9 cm³/mol. The van der Waals surface area contributed by atoms with Crippen molar-refractivity contribution < 1.29 is 8.78 Å². The molecule has 68 valence electrons. The van der Waals surface area contributed by atoms with E-state index in [4.69, 9.17) is 0 Å². The van der Waals surface area contributed by atoms with Crippen LogP contribution in [-0.2, 0) is 0 Å². The van der Waals surface area contributed by atoms with Crippen molar-refractivity contribution in [2.24, 2.45) is 0 Å². The van der Waals surface area contributed by atoms with Gasteiger partial charge >= 0.3 is 6.08 Å². The largest absolute Gasteiger partial charge is 0.359 e. The lowest BCUT2D eigenvalue weighted by Crippen LogP contribution is -2.04. The zero-order valence-electron chi connectivity index (χ0n) is 6.93. The van der Waals surface area contributed by atoms with Crippen molar-refractivity contribution in [3.05, 3.63) is 18.1 Å². The Balaban J connectivity index is 2.69. The first-order valence-electron chi connectivity index (χ1n) is 3.56. The van der Waals surface area contributed by atoms with E-state index in [1.807, 2.05) is 0 Å². The Kier molecular flexibility index (Phi) is 3.15. The van der Waals surface area contributed by atoms with Crippen LogP contribution in [-0.4, -0.2) is 16.5 Å². The summed E-state index contributed by atoms with van der Waals surface area (Å²) in [5.41, 5.74) is 0. The second-order valence-corrected chi connectivity index (χ2v) is 2.13. The van der Waals surface area contributed by atoms with Crippen molar-refractivity contribution >= 4 is 5.82 Å². The van der Waals surface area contributed by atoms with Crippen LogP contribution in [0, 0.1) is 23.9 Å². The molecule has 0 spiro atoms. The second-order valence-electron chi connectivity index (χ2n) is 2.13. The zero-order valence-corrected chi connectivity index (χ0v) is 6.93. The highest BCUT2D eigenvalue weighted by Crippen LogP contribution is 2.03. The number of rotatable bonds is 2. The first-order chi connectivity index (χ1) is 6.22. The van der Waals surface area contributed by atoms with Crippen LogP contribution in [0.15, 0.2) is 6.07 Å². The molecule has 13 heavy (non-hydrogen) atoms. The number of hydrogen-bond donors (Lipinski definition) is 1. The van der Waals surface area contributed by atoms with Crippen LogP contribution in [0.4, 0.5) is 14.6 Å². The molecule has 0 fully saturated rings. The first-order valence-corrected chi connectivity index (χ1v) is 3.56. The molecule has 0 saturated carbocycles. The van der Waals surface area contributed by atoms with Gasteiger partial charge in [-0.3, -0.25) is 0 Å². The van der Waals surface area contributed by atoms with E-state index in [1.54, 1.807) is 6.92 Å². The number of nitrogens with zero attached hydrogens (tertiary/aromatic N) is 2. The monoisotopic (exact) mass is 183 g/mol. The summed E-state index contributed by atoms with van der Waals surface area (Å²) in [6, 6.07) is 1.00. The van der Waals surface area contributed by atoms with Gasteiger partial charge in [-0.05, 0) is 6.92 Å². The third-order valence-electron chi connectivity index (χ3n) is 1.20. The van der Waals surface area contributed by atoms with Gasteiger partial charge in [-0.1, -0.05) is 5.92 Å². The summed E-state index contributed by atoms with van der Waals surface area (Å²) >= 11 is 0. The highest BCUT2D eigenvalue weighted by atomic mass is 19.1. The van der Waals surface area contributed by atoms with Crippen LogP contribution >= 0.6 is 0 Å². The lowest BCUT2D eigenvalue weighted by molar-refractivity contribution is 0.484. The molecule has 5 heteroatoms. The van der Waals surface area contributed by atoms with Gasteiger partial charge in [-0.15, -0.1) is 5.92 Å². The zero-order chi connectivity index (χ0) is 9.68. The average Bonchev–Trinajstić information content (AvgIpc) is 2.03. The molecule has 0 aromatic carbocycles. The molecule has 1 N–H and O–H groups in total. The predicted octanol–water partition coefficient (Wildman–Crippen LogP) is 1.19. The number of aromatic nitrogens is 2. The van der Waals surface area contributed by atoms with Crippen LogP contribution in [0.5, 0.6) is 0 Å². The van der Waals surface area contributed by atoms with E-state index >= 15 is 0 Å². The molecular weight excluding hydrogens is 176 g/mol. The lowest BCUT2D eigenvalue weighted by Gasteiger charge is -1.99. The summed E-state index contributed by atoms with van der Waals surface area (Å²) in [4.78, 5) is 6.15. The summed E-state index contributed by atoms with van der Waals surface area (Å²) in [6.45, 7) is 1.97. The van der Waals surface area contributed by atoms with Crippen molar-refractivity contribution in [1.82, 2.24) is 9.97 Å². The van der Waals surface area contributed by atoms with Gasteiger partial charge in [0, 0.05) is 6.07 Å². The molecule has 0 atom stereocenters. The van der Waals surface area contributed by atoms with Crippen LogP contribution in [0.25, 0.3) is 0 Å². The molecular formula is C8H7F2N3. The van der Waals surface area contributed by atoms with Gasteiger partial charge in [-0.2, -0.15) is 18.7 Å². The quantitative estimate of drug-likeness (QED) is 0.425. The molecule has 1 aromatic heterocycles. The van der Waals surface area contributed by atoms with Crippen molar-refractivity contribution in [3.8, 4) is 11.8 Å². The Morgan fingerprint density at radius 2 is 2.23 bits per heavy atom. The Bertz CT molecular complexity index is 334. The average molecular weight is 183 g/mol. The fourth-order valence-electron chi connectivity index (χ4n) is 0.704. The van der Waals surface area contributed by atoms with Crippen LogP contribution in [0.2, 0.25) is 0 Å². The molecule has 3 nitrogen and oxygen atoms in total. The number of anilines is 1. The van der Waals surface area contributed by atoms with Crippen LogP contribution in [0.3, 0.4) is 0 Å². The Morgan fingerprint density at radius 3 is 2.85 bits per heavy atom. The van der Waals surface area contributed by atoms with Gasteiger partial charge in [0.05, 0.1) is 6.54 Å². The Morgan fingerprint density at radius 1 is 1.46 bits per heavy atom. The summed E-state index contributed by atoms with van der Waals surface area (Å²) in [5.74, 6) is 4.48. The van der Waals surface area contributed by atoms with Gasteiger partial charge in [0.25, 0.3) is 0 Å². The highest BCUT2D eigenvalue weighted by molar-refractivity contribution is 5.34. The van der Waals surface area contributed by atoms with Crippen LogP contribution < -0.4 is 5.32 Å². The fourth-order valence-corrected chi connectivity index (χ4v) is 0.704. The highest BCUT2D eigenvalue weighted by Gasteiger charge is 2.01. The maximum Gasteiger partial charge on any atom is 0.313 e. The third-order valence-corrected chi connectivity index (χ3v) is 1.20. The van der Waals surface area contributed by atoms with E-state index in [0.717, 1.165) is 6.07 Å². The smallest absolute Gasteiger partial charge is 0.313 e. The summed E-state index contributed by atoms with van der Waals surface area (Å²) in [6.07, 6.45) is -1.09. The van der Waals surface area contributed by atoms with E-state index in [9.17, 15) is 8.78 Å². The second kappa shape index (κ2) is 4.36. The maximum atomic E-state index is 12.5. The van der Waals surface area contributed by atoms with Crippen molar-refractivity contribution in [2.45, 2.75) is 6.92 Å². The van der Waals surface area contributed by atoms with E-state index in [1.165, 1.54) is 0 Å². The van der Waals surface area contributed by atoms with Crippen molar-refractivity contribution in [3.63, 3.8) is 0 Å². The fraction of sp³-hybridized carbons (Fsp3) is 0.250. The SMILES string of the molecule is CC#CCNc1cc(F)nc(F)n1. The summed E-state index contributed by atoms with van der Waals surface area (Å²) in [7, 11) is 0. The minimum Gasteiger partial charge on any atom is -0.359 e. The van der Waals surface area contributed by atoms with E-state index < -0.39 is 12.0 Å². The Hall–Kier alpha value is -1.70. The maximum absolute atomic E-state index is 12.5. The molecule has 0 aliphatic rings. The molecule has 1 rings (SSSR count). The molecule has 0 unspecified atom stereocenters. The van der Waals surface area contributed by atoms with Gasteiger partial charge < -0.3 is 5.32 Å². The first kappa shape index (κ1) is 9.39. The van der Waals surface area contributed by atoms with Crippen LogP contribution in [0.1, 0.15) is 6.92 Å². The summed E-state index contributed by atoms with van der Waals surface area (Å²) < 4.78 is 24.9. The normalized spacial score (nSPS) is 8.85. The topological polar surface area (TPSA) is 37.8 Å². The number of hydrogen-bond acceptors (Lipinski definition) is 3. The molecule has 0 radical (unpaired) electrons. The molecule has 0 aliphatic carbocycles. The molecule has 1 aromatic rings. The van der Waals surface area contributed by atoms with Gasteiger partial charge in [0.1, 0.15) is 5.82 Å². The van der Waals surface area contributed by atoms with E-state index in [2.05, 4.69) is 27.1 Å². The molecule has 0 amide bonds. The molecule has 1 heterocycles. The molecule has 0 aliphatic heterocycles. The minimum atomic E-state index is -1.09. The minimum absolute atomic E-state index is 0.0905. The Labute approximate surface area is 74.2 Å². The van der Waals surface area contributed by atoms with Crippen molar-refractivity contribution in [1.29, 1.82) is 0 Å². The van der Waals surface area contributed by atoms with Gasteiger partial charge in [0.15, 0.2) is 0 Å². The van der Waals surface area contributed by atoms with Crippen molar-refractivity contribution in [2.75, 3.05) is 11.9 Å². The standard InChI is InChI=1S/C8H7F2N3/c1-2-3-4-11-7-5-6(9)12-8(10)13-7/h5H,4H2,1H3,(H,11,12,13). The van der Waals surface area contributed by atoms with Gasteiger partial charge in [-0.25, -0.2) is 0 Å².